The van der Waals surface area contributed by atoms with Gasteiger partial charge in [0.05, 0.1) is 0 Å². The summed E-state index contributed by atoms with van der Waals surface area (Å²) in [6, 6.07) is 7.06. The van der Waals surface area contributed by atoms with E-state index in [4.69, 9.17) is 0 Å². The van der Waals surface area contributed by atoms with E-state index in [1.165, 1.54) is 6.92 Å². The number of rotatable bonds is 4. The molecule has 0 saturated heterocycles. The zero-order valence-corrected chi connectivity index (χ0v) is 10.5. The van der Waals surface area contributed by atoms with Gasteiger partial charge in [0.1, 0.15) is 0 Å². The number of aryl methyl sites for hydroxylation is 1. The molecule has 1 aromatic carbocycles. The number of anilines is 1. The highest BCUT2D eigenvalue weighted by atomic mass is 16.5. The highest BCUT2D eigenvalue weighted by Crippen LogP contribution is 2.10. The highest BCUT2D eigenvalue weighted by Gasteiger charge is 2.26. The van der Waals surface area contributed by atoms with Gasteiger partial charge in [-0.3, -0.25) is 14.4 Å². The molecular weight excluding hydrogens is 234 g/mol. The van der Waals surface area contributed by atoms with E-state index in [2.05, 4.69) is 10.1 Å². The third-order valence-electron chi connectivity index (χ3n) is 2.21. The van der Waals surface area contributed by atoms with E-state index in [1.807, 2.05) is 19.1 Å². The SMILES string of the molecule is CC(=O)OC(C(C)=O)C(=O)Nc1ccc(C)cc1. The zero-order chi connectivity index (χ0) is 13.7. The van der Waals surface area contributed by atoms with E-state index < -0.39 is 23.8 Å². The van der Waals surface area contributed by atoms with Gasteiger partial charge < -0.3 is 10.1 Å². The molecule has 1 amide bonds. The predicted molar refractivity (Wildman–Crippen MR) is 66.0 cm³/mol. The molecule has 1 atom stereocenters. The Kier molecular flexibility index (Phi) is 4.59. The van der Waals surface area contributed by atoms with Crippen LogP contribution >= 0.6 is 0 Å². The molecule has 0 bridgehead atoms. The summed E-state index contributed by atoms with van der Waals surface area (Å²) in [5.74, 6) is -1.84. The van der Waals surface area contributed by atoms with Crippen molar-refractivity contribution in [3.8, 4) is 0 Å². The van der Waals surface area contributed by atoms with Crippen LogP contribution in [0.2, 0.25) is 0 Å². The maximum Gasteiger partial charge on any atom is 0.303 e. The lowest BCUT2D eigenvalue weighted by Crippen LogP contribution is -2.37. The first kappa shape index (κ1) is 13.9. The minimum Gasteiger partial charge on any atom is -0.444 e. The lowest BCUT2D eigenvalue weighted by Gasteiger charge is -2.13. The Labute approximate surface area is 105 Å². The van der Waals surface area contributed by atoms with E-state index in [1.54, 1.807) is 12.1 Å². The van der Waals surface area contributed by atoms with E-state index in [9.17, 15) is 14.4 Å². The summed E-state index contributed by atoms with van der Waals surface area (Å²) in [5, 5.41) is 2.52. The quantitative estimate of drug-likeness (QED) is 0.647. The predicted octanol–water partition coefficient (Wildman–Crippen LogP) is 1.45. The second kappa shape index (κ2) is 5.95. The molecule has 0 aliphatic rings. The first-order valence-corrected chi connectivity index (χ1v) is 5.45. The Balaban J connectivity index is 2.75. The third kappa shape index (κ3) is 4.01. The molecule has 0 radical (unpaired) electrons. The number of carbonyl (C=O) groups excluding carboxylic acids is 3. The number of ketones is 1. The van der Waals surface area contributed by atoms with Gasteiger partial charge in [-0.2, -0.15) is 0 Å². The molecule has 1 unspecified atom stereocenters. The molecule has 1 N–H and O–H groups in total. The molecule has 0 aliphatic carbocycles. The van der Waals surface area contributed by atoms with E-state index in [0.717, 1.165) is 12.5 Å². The van der Waals surface area contributed by atoms with Gasteiger partial charge in [0.25, 0.3) is 5.91 Å². The molecule has 0 saturated carbocycles. The first-order valence-electron chi connectivity index (χ1n) is 5.45. The fourth-order valence-electron chi connectivity index (χ4n) is 1.33. The molecule has 5 nitrogen and oxygen atoms in total. The fraction of sp³-hybridized carbons (Fsp3) is 0.308. The minimum atomic E-state index is -1.40. The zero-order valence-electron chi connectivity index (χ0n) is 10.5. The van der Waals surface area contributed by atoms with Crippen LogP contribution in [0.4, 0.5) is 5.69 Å². The number of hydrogen-bond donors (Lipinski definition) is 1. The van der Waals surface area contributed by atoms with Gasteiger partial charge >= 0.3 is 5.97 Å². The molecule has 0 aliphatic heterocycles. The number of nitrogens with one attached hydrogen (secondary N) is 1. The van der Waals surface area contributed by atoms with Crippen LogP contribution in [0, 0.1) is 6.92 Å². The van der Waals surface area contributed by atoms with Crippen LogP contribution in [-0.4, -0.2) is 23.8 Å². The Morgan fingerprint density at radius 3 is 2.11 bits per heavy atom. The molecule has 0 heterocycles. The van der Waals surface area contributed by atoms with Gasteiger partial charge in [-0.15, -0.1) is 0 Å². The van der Waals surface area contributed by atoms with Crippen molar-refractivity contribution in [3.05, 3.63) is 29.8 Å². The second-order valence-electron chi connectivity index (χ2n) is 3.96. The number of hydrogen-bond acceptors (Lipinski definition) is 4. The summed E-state index contributed by atoms with van der Waals surface area (Å²) in [4.78, 5) is 33.8. The average molecular weight is 249 g/mol. The van der Waals surface area contributed by atoms with Crippen LogP contribution in [0.25, 0.3) is 0 Å². The van der Waals surface area contributed by atoms with Gasteiger partial charge in [0.2, 0.25) is 6.10 Å². The largest absolute Gasteiger partial charge is 0.444 e. The normalized spacial score (nSPS) is 11.5. The van der Waals surface area contributed by atoms with E-state index in [-0.39, 0.29) is 0 Å². The molecule has 0 fully saturated rings. The van der Waals surface area contributed by atoms with Crippen LogP contribution in [0.5, 0.6) is 0 Å². The minimum absolute atomic E-state index is 0.519. The van der Waals surface area contributed by atoms with Crippen molar-refractivity contribution in [2.45, 2.75) is 26.9 Å². The van der Waals surface area contributed by atoms with Crippen molar-refractivity contribution in [3.63, 3.8) is 0 Å². The maximum absolute atomic E-state index is 11.8. The van der Waals surface area contributed by atoms with Gasteiger partial charge in [-0.1, -0.05) is 17.7 Å². The van der Waals surface area contributed by atoms with Gasteiger partial charge in [-0.05, 0) is 26.0 Å². The maximum atomic E-state index is 11.8. The van der Waals surface area contributed by atoms with Gasteiger partial charge in [-0.25, -0.2) is 0 Å². The number of Topliss-reactive ketones (excluding diaryl/α,β-unsaturated/α-hetero) is 1. The Morgan fingerprint density at radius 2 is 1.67 bits per heavy atom. The van der Waals surface area contributed by atoms with Crippen LogP contribution in [0.1, 0.15) is 19.4 Å². The molecule has 0 aromatic heterocycles. The number of carbonyl (C=O) groups is 3. The monoisotopic (exact) mass is 249 g/mol. The molecule has 18 heavy (non-hydrogen) atoms. The Hall–Kier alpha value is -2.17. The fourth-order valence-corrected chi connectivity index (χ4v) is 1.33. The summed E-state index contributed by atoms with van der Waals surface area (Å²) in [5.41, 5.74) is 1.60. The van der Waals surface area contributed by atoms with Crippen molar-refractivity contribution < 1.29 is 19.1 Å². The molecule has 0 spiro atoms. The van der Waals surface area contributed by atoms with Crippen LogP contribution < -0.4 is 5.32 Å². The summed E-state index contributed by atoms with van der Waals surface area (Å²) in [6.07, 6.45) is -1.40. The Bertz CT molecular complexity index is 464. The van der Waals surface area contributed by atoms with Gasteiger partial charge in [0.15, 0.2) is 5.78 Å². The van der Waals surface area contributed by atoms with Crippen LogP contribution in [-0.2, 0) is 19.1 Å². The summed E-state index contributed by atoms with van der Waals surface area (Å²) in [6.45, 7) is 4.26. The summed E-state index contributed by atoms with van der Waals surface area (Å²) < 4.78 is 4.67. The first-order chi connectivity index (χ1) is 8.40. The summed E-state index contributed by atoms with van der Waals surface area (Å²) >= 11 is 0. The van der Waals surface area contributed by atoms with Crippen molar-refractivity contribution >= 4 is 23.3 Å². The summed E-state index contributed by atoms with van der Waals surface area (Å²) in [7, 11) is 0. The van der Waals surface area contributed by atoms with E-state index in [0.29, 0.717) is 5.69 Å². The highest BCUT2D eigenvalue weighted by molar-refractivity contribution is 6.10. The number of esters is 1. The molecule has 96 valence electrons. The topological polar surface area (TPSA) is 72.5 Å². The van der Waals surface area contributed by atoms with E-state index >= 15 is 0 Å². The molecule has 1 aromatic rings. The van der Waals surface area contributed by atoms with Crippen LogP contribution in [0.3, 0.4) is 0 Å². The smallest absolute Gasteiger partial charge is 0.303 e. The molecule has 5 heteroatoms. The average Bonchev–Trinajstić information content (AvgIpc) is 2.28. The van der Waals surface area contributed by atoms with Crippen molar-refractivity contribution in [2.24, 2.45) is 0 Å². The second-order valence-corrected chi connectivity index (χ2v) is 3.96. The van der Waals surface area contributed by atoms with Crippen molar-refractivity contribution in [2.75, 3.05) is 5.32 Å². The van der Waals surface area contributed by atoms with Crippen molar-refractivity contribution in [1.29, 1.82) is 0 Å². The van der Waals surface area contributed by atoms with Gasteiger partial charge in [0, 0.05) is 12.6 Å². The third-order valence-corrected chi connectivity index (χ3v) is 2.21. The van der Waals surface area contributed by atoms with Crippen LogP contribution in [0.15, 0.2) is 24.3 Å². The molecule has 1 rings (SSSR count). The lowest BCUT2D eigenvalue weighted by atomic mass is 10.2. The number of benzene rings is 1. The Morgan fingerprint density at radius 1 is 1.11 bits per heavy atom. The molecular formula is C13H15NO4. The standard InChI is InChI=1S/C13H15NO4/c1-8-4-6-11(7-5-8)14-13(17)12(9(2)15)18-10(3)16/h4-7,12H,1-3H3,(H,14,17). The lowest BCUT2D eigenvalue weighted by molar-refractivity contribution is -0.157. The van der Waals surface area contributed by atoms with Crippen molar-refractivity contribution in [1.82, 2.24) is 0 Å². The number of amides is 1. The number of ether oxygens (including phenoxy) is 1.